The first kappa shape index (κ1) is 21.8. The summed E-state index contributed by atoms with van der Waals surface area (Å²) in [5, 5.41) is 15.8. The molecule has 1 N–H and O–H groups in total. The topological polar surface area (TPSA) is 64.3 Å². The van der Waals surface area contributed by atoms with Crippen molar-refractivity contribution >= 4 is 40.8 Å². The monoisotopic (exact) mass is 498 g/mol. The molecule has 5 rings (SSSR count). The summed E-state index contributed by atoms with van der Waals surface area (Å²) < 4.78 is 7.88. The normalized spacial score (nSPS) is 13.7. The summed E-state index contributed by atoms with van der Waals surface area (Å²) in [5.74, 6) is -0.531. The van der Waals surface area contributed by atoms with E-state index in [1.165, 1.54) is 0 Å². The van der Waals surface area contributed by atoms with Gasteiger partial charge in [0.25, 0.3) is 0 Å². The molecule has 5 nitrogen and oxygen atoms in total. The first-order valence-corrected chi connectivity index (χ1v) is 11.2. The van der Waals surface area contributed by atoms with Gasteiger partial charge in [-0.2, -0.15) is 5.10 Å². The molecule has 1 aromatic heterocycles. The Morgan fingerprint density at radius 1 is 0.939 bits per heavy atom. The second kappa shape index (κ2) is 7.80. The van der Waals surface area contributed by atoms with Crippen molar-refractivity contribution in [1.82, 2.24) is 9.78 Å². The molecule has 4 aromatic rings. The Morgan fingerprint density at radius 2 is 1.61 bits per heavy atom. The van der Waals surface area contributed by atoms with Crippen LogP contribution in [-0.4, -0.2) is 20.9 Å². The number of rotatable bonds is 3. The fourth-order valence-electron chi connectivity index (χ4n) is 4.16. The predicted molar refractivity (Wildman–Crippen MR) is 130 cm³/mol. The number of carboxylic acid groups (broad SMARTS) is 1. The number of carbonyl (C=O) groups is 1. The first-order chi connectivity index (χ1) is 15.7. The smallest absolute Gasteiger partial charge is 0.356 e. The number of ether oxygens (including phenoxy) is 1. The summed E-state index contributed by atoms with van der Waals surface area (Å²) in [5.41, 5.74) is 3.22. The molecule has 0 saturated heterocycles. The van der Waals surface area contributed by atoms with Gasteiger partial charge in [0.15, 0.2) is 5.69 Å². The number of aromatic carboxylic acids is 1. The highest BCUT2D eigenvalue weighted by Gasteiger charge is 2.41. The summed E-state index contributed by atoms with van der Waals surface area (Å²) in [4.78, 5) is 12.1. The Balaban J connectivity index is 1.78. The molecule has 1 aliphatic rings. The Kier molecular flexibility index (Phi) is 5.16. The number of benzene rings is 3. The van der Waals surface area contributed by atoms with Crippen molar-refractivity contribution in [2.45, 2.75) is 19.4 Å². The molecule has 0 unspecified atom stereocenters. The summed E-state index contributed by atoms with van der Waals surface area (Å²) >= 11 is 18.6. The fraction of sp³-hybridized carbons (Fsp3) is 0.120. The van der Waals surface area contributed by atoms with E-state index in [0.717, 1.165) is 11.1 Å². The van der Waals surface area contributed by atoms with Gasteiger partial charge in [-0.1, -0.05) is 53.0 Å². The lowest BCUT2D eigenvalue weighted by Gasteiger charge is -2.33. The van der Waals surface area contributed by atoms with Crippen LogP contribution < -0.4 is 4.74 Å². The van der Waals surface area contributed by atoms with Crippen molar-refractivity contribution in [1.29, 1.82) is 0 Å². The van der Waals surface area contributed by atoms with Crippen molar-refractivity contribution in [3.63, 3.8) is 0 Å². The van der Waals surface area contributed by atoms with Gasteiger partial charge in [-0.05, 0) is 67.4 Å². The standard InChI is InChI=1S/C25H17Cl3N2O3/c1-25(2)21-22(24(31)32)29-30(19-10-8-16(27)12-18(19)28)23(21)17-9-5-14(11-20(17)33-25)13-3-6-15(26)7-4-13/h3-12H,1-2H3,(H,31,32). The molecule has 0 radical (unpaired) electrons. The van der Waals surface area contributed by atoms with E-state index in [2.05, 4.69) is 5.10 Å². The first-order valence-electron chi connectivity index (χ1n) is 10.1. The van der Waals surface area contributed by atoms with Crippen molar-refractivity contribution in [3.05, 3.63) is 87.0 Å². The van der Waals surface area contributed by atoms with Gasteiger partial charge in [-0.25, -0.2) is 9.48 Å². The van der Waals surface area contributed by atoms with Crippen LogP contribution in [0, 0.1) is 0 Å². The molecular weight excluding hydrogens is 483 g/mol. The zero-order valence-electron chi connectivity index (χ0n) is 17.6. The molecule has 0 saturated carbocycles. The molecule has 3 aromatic carbocycles. The maximum absolute atomic E-state index is 12.1. The lowest BCUT2D eigenvalue weighted by atomic mass is 9.88. The second-order valence-corrected chi connectivity index (χ2v) is 9.50. The number of nitrogens with zero attached hydrogens (tertiary/aromatic N) is 2. The quantitative estimate of drug-likeness (QED) is 0.317. The molecule has 1 aliphatic heterocycles. The third-order valence-corrected chi connectivity index (χ3v) is 6.40. The van der Waals surface area contributed by atoms with Gasteiger partial charge in [-0.3, -0.25) is 0 Å². The van der Waals surface area contributed by atoms with E-state index >= 15 is 0 Å². The van der Waals surface area contributed by atoms with Crippen LogP contribution in [0.4, 0.5) is 0 Å². The molecule has 0 spiro atoms. The van der Waals surface area contributed by atoms with Crippen LogP contribution >= 0.6 is 34.8 Å². The zero-order chi connectivity index (χ0) is 23.5. The van der Waals surface area contributed by atoms with Crippen LogP contribution in [0.15, 0.2) is 60.7 Å². The average Bonchev–Trinajstić information content (AvgIpc) is 3.16. The summed E-state index contributed by atoms with van der Waals surface area (Å²) in [7, 11) is 0. The molecule has 0 fully saturated rings. The lowest BCUT2D eigenvalue weighted by Crippen LogP contribution is -2.31. The number of aromatic nitrogens is 2. The molecule has 2 heterocycles. The Morgan fingerprint density at radius 3 is 2.27 bits per heavy atom. The zero-order valence-corrected chi connectivity index (χ0v) is 19.8. The molecule has 0 atom stereocenters. The minimum Gasteiger partial charge on any atom is -0.482 e. The molecule has 0 aliphatic carbocycles. The van der Waals surface area contributed by atoms with Crippen LogP contribution in [0.5, 0.6) is 5.75 Å². The molecule has 33 heavy (non-hydrogen) atoms. The van der Waals surface area contributed by atoms with Crippen molar-refractivity contribution < 1.29 is 14.6 Å². The van der Waals surface area contributed by atoms with Gasteiger partial charge < -0.3 is 9.84 Å². The highest BCUT2D eigenvalue weighted by atomic mass is 35.5. The third kappa shape index (κ3) is 3.66. The predicted octanol–water partition coefficient (Wildman–Crippen LogP) is 7.49. The van der Waals surface area contributed by atoms with Crippen LogP contribution in [0.2, 0.25) is 15.1 Å². The van der Waals surface area contributed by atoms with E-state index in [0.29, 0.717) is 43.3 Å². The number of fused-ring (bicyclic) bond motifs is 3. The SMILES string of the molecule is CC1(C)Oc2cc(-c3ccc(Cl)cc3)ccc2-c2c1c(C(=O)O)nn2-c1ccc(Cl)cc1Cl. The lowest BCUT2D eigenvalue weighted by molar-refractivity contribution is 0.0665. The van der Waals surface area contributed by atoms with Crippen LogP contribution in [0.3, 0.4) is 0 Å². The number of halogens is 3. The minimum absolute atomic E-state index is 0.0894. The number of carboxylic acids is 1. The number of hydrogen-bond donors (Lipinski definition) is 1. The van der Waals surface area contributed by atoms with Crippen molar-refractivity contribution in [3.8, 4) is 33.8 Å². The van der Waals surface area contributed by atoms with Gasteiger partial charge >= 0.3 is 5.97 Å². The van der Waals surface area contributed by atoms with Gasteiger partial charge in [0.2, 0.25) is 0 Å². The summed E-state index contributed by atoms with van der Waals surface area (Å²) in [6.07, 6.45) is 0. The van der Waals surface area contributed by atoms with E-state index in [4.69, 9.17) is 39.5 Å². The van der Waals surface area contributed by atoms with Gasteiger partial charge in [-0.15, -0.1) is 0 Å². The highest BCUT2D eigenvalue weighted by Crippen LogP contribution is 2.49. The molecule has 8 heteroatoms. The molecule has 0 amide bonds. The molecular formula is C25H17Cl3N2O3. The van der Waals surface area contributed by atoms with E-state index < -0.39 is 11.6 Å². The van der Waals surface area contributed by atoms with Crippen molar-refractivity contribution in [2.24, 2.45) is 0 Å². The van der Waals surface area contributed by atoms with Crippen molar-refractivity contribution in [2.75, 3.05) is 0 Å². The van der Waals surface area contributed by atoms with E-state index in [-0.39, 0.29) is 5.69 Å². The van der Waals surface area contributed by atoms with Crippen LogP contribution in [0.1, 0.15) is 29.9 Å². The van der Waals surface area contributed by atoms with Crippen LogP contribution in [0.25, 0.3) is 28.1 Å². The maximum atomic E-state index is 12.1. The molecule has 166 valence electrons. The Hall–Kier alpha value is -2.99. The third-order valence-electron chi connectivity index (χ3n) is 5.61. The Labute approximate surface area is 205 Å². The molecule has 0 bridgehead atoms. The van der Waals surface area contributed by atoms with E-state index in [1.54, 1.807) is 22.9 Å². The second-order valence-electron chi connectivity index (χ2n) is 8.22. The maximum Gasteiger partial charge on any atom is 0.356 e. The fourth-order valence-corrected chi connectivity index (χ4v) is 4.78. The number of hydrogen-bond acceptors (Lipinski definition) is 3. The van der Waals surface area contributed by atoms with E-state index in [1.807, 2.05) is 56.3 Å². The largest absolute Gasteiger partial charge is 0.482 e. The van der Waals surface area contributed by atoms with Gasteiger partial charge in [0.1, 0.15) is 11.4 Å². The average molecular weight is 500 g/mol. The van der Waals surface area contributed by atoms with Crippen LogP contribution in [-0.2, 0) is 5.60 Å². The summed E-state index contributed by atoms with van der Waals surface area (Å²) in [6.45, 7) is 3.65. The minimum atomic E-state index is -1.15. The van der Waals surface area contributed by atoms with Gasteiger partial charge in [0, 0.05) is 15.6 Å². The Bertz CT molecular complexity index is 1430. The highest BCUT2D eigenvalue weighted by molar-refractivity contribution is 6.35. The summed E-state index contributed by atoms with van der Waals surface area (Å²) in [6, 6.07) is 18.3. The van der Waals surface area contributed by atoms with E-state index in [9.17, 15) is 9.90 Å². The van der Waals surface area contributed by atoms with Gasteiger partial charge in [0.05, 0.1) is 22.0 Å².